The molecule has 0 spiro atoms. The first kappa shape index (κ1) is 14.3. The third-order valence-corrected chi connectivity index (χ3v) is 2.62. The van der Waals surface area contributed by atoms with Crippen LogP contribution in [-0.2, 0) is 4.79 Å². The molecule has 0 aliphatic rings. The van der Waals surface area contributed by atoms with Crippen molar-refractivity contribution in [1.29, 1.82) is 0 Å². The first-order valence-electron chi connectivity index (χ1n) is 5.03. The lowest BCUT2D eigenvalue weighted by atomic mass is 10.2. The van der Waals surface area contributed by atoms with Crippen LogP contribution in [0.3, 0.4) is 0 Å². The van der Waals surface area contributed by atoms with Crippen molar-refractivity contribution in [3.8, 4) is 5.75 Å². The van der Waals surface area contributed by atoms with E-state index in [0.717, 1.165) is 5.56 Å². The van der Waals surface area contributed by atoms with Crippen LogP contribution in [0.5, 0.6) is 5.75 Å². The van der Waals surface area contributed by atoms with Crippen LogP contribution in [0.1, 0.15) is 12.5 Å². The number of ether oxygens (including phenoxy) is 1. The standard InChI is InChI=1S/C9H10O2.C2H3N3S2/c1-7-4-3-5-9(6-7)11-8(2)10;3-1-4-5-2(6)7-1/h3-6H,1-2H3;(H2,3,4)(H,5,6). The van der Waals surface area contributed by atoms with Gasteiger partial charge in [-0.3, -0.25) is 9.89 Å². The quantitative estimate of drug-likeness (QED) is 0.478. The molecule has 0 atom stereocenters. The molecule has 1 aromatic heterocycles. The zero-order chi connectivity index (χ0) is 13.5. The molecule has 5 nitrogen and oxygen atoms in total. The fourth-order valence-electron chi connectivity index (χ4n) is 1.09. The molecule has 3 N–H and O–H groups in total. The van der Waals surface area contributed by atoms with E-state index in [0.29, 0.717) is 14.8 Å². The number of anilines is 1. The summed E-state index contributed by atoms with van der Waals surface area (Å²) in [7, 11) is 0. The molecule has 96 valence electrons. The van der Waals surface area contributed by atoms with Crippen molar-refractivity contribution in [3.05, 3.63) is 33.8 Å². The summed E-state index contributed by atoms with van der Waals surface area (Å²) in [4.78, 5) is 10.5. The topological polar surface area (TPSA) is 81.0 Å². The molecular weight excluding hydrogens is 270 g/mol. The number of hydrogen-bond acceptors (Lipinski definition) is 6. The van der Waals surface area contributed by atoms with Crippen molar-refractivity contribution >= 4 is 34.7 Å². The van der Waals surface area contributed by atoms with E-state index in [2.05, 4.69) is 22.4 Å². The first-order chi connectivity index (χ1) is 8.47. The number of nitrogens with one attached hydrogen (secondary N) is 1. The van der Waals surface area contributed by atoms with E-state index in [9.17, 15) is 4.79 Å². The average molecular weight is 283 g/mol. The molecule has 0 saturated heterocycles. The Hall–Kier alpha value is -1.73. The van der Waals surface area contributed by atoms with Crippen LogP contribution < -0.4 is 10.5 Å². The number of aromatic amines is 1. The first-order valence-corrected chi connectivity index (χ1v) is 6.26. The fourth-order valence-corrected chi connectivity index (χ4v) is 1.76. The Morgan fingerprint density at radius 1 is 1.56 bits per heavy atom. The number of rotatable bonds is 1. The molecule has 18 heavy (non-hydrogen) atoms. The van der Waals surface area contributed by atoms with E-state index in [4.69, 9.17) is 10.5 Å². The van der Waals surface area contributed by atoms with E-state index in [1.807, 2.05) is 25.1 Å². The Kier molecular flexibility index (Phi) is 5.47. The normalized spacial score (nSPS) is 9.22. The van der Waals surface area contributed by atoms with E-state index in [-0.39, 0.29) is 5.97 Å². The van der Waals surface area contributed by atoms with Crippen molar-refractivity contribution in [2.24, 2.45) is 0 Å². The van der Waals surface area contributed by atoms with Crippen LogP contribution >= 0.6 is 23.6 Å². The number of aromatic nitrogens is 2. The summed E-state index contributed by atoms with van der Waals surface area (Å²) in [5.74, 6) is 0.327. The van der Waals surface area contributed by atoms with E-state index >= 15 is 0 Å². The van der Waals surface area contributed by atoms with Crippen molar-refractivity contribution in [1.82, 2.24) is 10.2 Å². The van der Waals surface area contributed by atoms with Crippen LogP contribution in [0.4, 0.5) is 5.13 Å². The second-order valence-electron chi connectivity index (χ2n) is 3.36. The van der Waals surface area contributed by atoms with Gasteiger partial charge >= 0.3 is 5.97 Å². The fraction of sp³-hybridized carbons (Fsp3) is 0.182. The molecule has 2 aromatic rings. The Labute approximate surface area is 114 Å². The molecule has 1 aromatic carbocycles. The minimum Gasteiger partial charge on any atom is -0.427 e. The van der Waals surface area contributed by atoms with Crippen LogP contribution in [-0.4, -0.2) is 16.2 Å². The number of nitrogens with zero attached hydrogens (tertiary/aromatic N) is 1. The number of esters is 1. The lowest BCUT2D eigenvalue weighted by Gasteiger charge is -2.00. The summed E-state index contributed by atoms with van der Waals surface area (Å²) >= 11 is 5.92. The third kappa shape index (κ3) is 5.55. The smallest absolute Gasteiger partial charge is 0.308 e. The van der Waals surface area contributed by atoms with Gasteiger partial charge in [0.15, 0.2) is 3.95 Å². The van der Waals surface area contributed by atoms with Crippen LogP contribution in [0.25, 0.3) is 0 Å². The van der Waals surface area contributed by atoms with Gasteiger partial charge in [-0.25, -0.2) is 0 Å². The summed E-state index contributed by atoms with van der Waals surface area (Å²) in [5.41, 5.74) is 6.27. The maximum Gasteiger partial charge on any atom is 0.308 e. The third-order valence-electron chi connectivity index (χ3n) is 1.71. The molecule has 2 rings (SSSR count). The number of H-pyrrole nitrogens is 1. The minimum absolute atomic E-state index is 0.282. The Morgan fingerprint density at radius 3 is 2.67 bits per heavy atom. The van der Waals surface area contributed by atoms with Crippen LogP contribution in [0, 0.1) is 10.9 Å². The molecule has 0 amide bonds. The Balaban J connectivity index is 0.000000199. The molecule has 0 radical (unpaired) electrons. The summed E-state index contributed by atoms with van der Waals surface area (Å²) in [6.07, 6.45) is 0. The predicted octanol–water partition coefficient (Wildman–Crippen LogP) is 2.70. The van der Waals surface area contributed by atoms with Gasteiger partial charge < -0.3 is 10.5 Å². The summed E-state index contributed by atoms with van der Waals surface area (Å²) in [6.45, 7) is 3.34. The molecule has 1 heterocycles. The van der Waals surface area contributed by atoms with Gasteiger partial charge in [-0.2, -0.15) is 0 Å². The molecule has 0 fully saturated rings. The van der Waals surface area contributed by atoms with E-state index < -0.39 is 0 Å². The highest BCUT2D eigenvalue weighted by Crippen LogP contribution is 2.11. The average Bonchev–Trinajstić information content (AvgIpc) is 2.62. The number of carbonyl (C=O) groups is 1. The molecule has 7 heteroatoms. The number of hydrogen-bond donors (Lipinski definition) is 2. The number of nitrogen functional groups attached to an aromatic ring is 1. The molecule has 0 aliphatic heterocycles. The zero-order valence-electron chi connectivity index (χ0n) is 9.97. The Morgan fingerprint density at radius 2 is 2.28 bits per heavy atom. The van der Waals surface area contributed by atoms with Gasteiger partial charge in [-0.05, 0) is 36.8 Å². The zero-order valence-corrected chi connectivity index (χ0v) is 11.6. The lowest BCUT2D eigenvalue weighted by Crippen LogP contribution is -2.00. The lowest BCUT2D eigenvalue weighted by molar-refractivity contribution is -0.131. The van der Waals surface area contributed by atoms with Crippen molar-refractivity contribution in [2.45, 2.75) is 13.8 Å². The van der Waals surface area contributed by atoms with Gasteiger partial charge in [-0.1, -0.05) is 23.5 Å². The van der Waals surface area contributed by atoms with Gasteiger partial charge in [0, 0.05) is 6.92 Å². The van der Waals surface area contributed by atoms with Gasteiger partial charge in [0.05, 0.1) is 0 Å². The molecular formula is C11H13N3O2S2. The van der Waals surface area contributed by atoms with Gasteiger partial charge in [0.1, 0.15) is 5.75 Å². The summed E-state index contributed by atoms with van der Waals surface area (Å²) < 4.78 is 5.48. The number of carbonyl (C=O) groups excluding carboxylic acids is 1. The monoisotopic (exact) mass is 283 g/mol. The highest BCUT2D eigenvalue weighted by atomic mass is 32.1. The van der Waals surface area contributed by atoms with Crippen molar-refractivity contribution in [2.75, 3.05) is 5.73 Å². The molecule has 0 aliphatic carbocycles. The SMILES string of the molecule is CC(=O)Oc1cccc(C)c1.Nc1n[nH]c(=S)s1. The largest absolute Gasteiger partial charge is 0.427 e. The maximum atomic E-state index is 10.5. The van der Waals surface area contributed by atoms with Crippen LogP contribution in [0.2, 0.25) is 0 Å². The van der Waals surface area contributed by atoms with E-state index in [1.54, 1.807) is 6.07 Å². The van der Waals surface area contributed by atoms with Gasteiger partial charge in [0.2, 0.25) is 5.13 Å². The highest BCUT2D eigenvalue weighted by molar-refractivity contribution is 7.73. The summed E-state index contributed by atoms with van der Waals surface area (Å²) in [6, 6.07) is 7.39. The number of nitrogens with two attached hydrogens (primary N) is 1. The second-order valence-corrected chi connectivity index (χ2v) is 5.06. The van der Waals surface area contributed by atoms with Crippen molar-refractivity contribution < 1.29 is 9.53 Å². The number of benzene rings is 1. The maximum absolute atomic E-state index is 10.5. The number of aryl methyl sites for hydroxylation is 1. The highest BCUT2D eigenvalue weighted by Gasteiger charge is 1.95. The van der Waals surface area contributed by atoms with E-state index in [1.165, 1.54) is 18.3 Å². The second kappa shape index (κ2) is 6.87. The predicted molar refractivity (Wildman–Crippen MR) is 74.2 cm³/mol. The summed E-state index contributed by atoms with van der Waals surface area (Å²) in [5, 5.41) is 6.60. The van der Waals surface area contributed by atoms with Gasteiger partial charge in [-0.15, -0.1) is 5.10 Å². The minimum atomic E-state index is -0.282. The van der Waals surface area contributed by atoms with Crippen molar-refractivity contribution in [3.63, 3.8) is 0 Å². The molecule has 0 saturated carbocycles. The molecule has 0 bridgehead atoms. The molecule has 0 unspecified atom stereocenters. The van der Waals surface area contributed by atoms with Gasteiger partial charge in [0.25, 0.3) is 0 Å². The Bertz CT molecular complexity index is 577. The van der Waals surface area contributed by atoms with Crippen LogP contribution in [0.15, 0.2) is 24.3 Å².